The molecule has 1 amide bonds. The molecule has 0 radical (unpaired) electrons. The molecule has 2 aliphatic rings. The van der Waals surface area contributed by atoms with E-state index in [0.29, 0.717) is 5.92 Å². The second kappa shape index (κ2) is 6.95. The highest BCUT2D eigenvalue weighted by Crippen LogP contribution is 2.28. The van der Waals surface area contributed by atoms with E-state index in [1.807, 2.05) is 24.1 Å². The summed E-state index contributed by atoms with van der Waals surface area (Å²) >= 11 is 0. The van der Waals surface area contributed by atoms with Gasteiger partial charge < -0.3 is 4.90 Å². The summed E-state index contributed by atoms with van der Waals surface area (Å²) in [6.07, 6.45) is 10.4. The van der Waals surface area contributed by atoms with Crippen molar-refractivity contribution in [1.82, 2.24) is 14.9 Å². The Hall–Kier alpha value is -2.23. The number of hydrogen-bond acceptors (Lipinski definition) is 3. The van der Waals surface area contributed by atoms with Gasteiger partial charge in [0.05, 0.1) is 11.4 Å². The number of benzene rings is 1. The first-order chi connectivity index (χ1) is 12.2. The lowest BCUT2D eigenvalue weighted by atomic mass is 9.89. The van der Waals surface area contributed by atoms with Gasteiger partial charge in [0.2, 0.25) is 0 Å². The summed E-state index contributed by atoms with van der Waals surface area (Å²) in [5, 5.41) is 0. The van der Waals surface area contributed by atoms with Crippen molar-refractivity contribution in [3.05, 3.63) is 58.7 Å². The van der Waals surface area contributed by atoms with Gasteiger partial charge in [-0.1, -0.05) is 6.07 Å². The van der Waals surface area contributed by atoms with Crippen LogP contribution in [0.15, 0.2) is 30.6 Å². The van der Waals surface area contributed by atoms with Crippen LogP contribution in [0.1, 0.15) is 64.5 Å². The fraction of sp³-hybridized carbons (Fsp3) is 0.476. The van der Waals surface area contributed by atoms with Crippen molar-refractivity contribution in [3.63, 3.8) is 0 Å². The van der Waals surface area contributed by atoms with Crippen LogP contribution in [0.4, 0.5) is 0 Å². The Labute approximate surface area is 149 Å². The van der Waals surface area contributed by atoms with Gasteiger partial charge in [-0.15, -0.1) is 0 Å². The molecular formula is C21H25N3O. The molecule has 0 atom stereocenters. The number of amides is 1. The molecule has 4 heteroatoms. The molecule has 0 spiro atoms. The summed E-state index contributed by atoms with van der Waals surface area (Å²) in [5.74, 6) is 0.599. The normalized spacial score (nSPS) is 18.0. The first-order valence-corrected chi connectivity index (χ1v) is 9.40. The smallest absolute Gasteiger partial charge is 0.253 e. The minimum absolute atomic E-state index is 0.183. The third-order valence-electron chi connectivity index (χ3n) is 5.57. The molecule has 0 unspecified atom stereocenters. The van der Waals surface area contributed by atoms with E-state index in [1.165, 1.54) is 24.0 Å². The highest BCUT2D eigenvalue weighted by Gasteiger charge is 2.26. The summed E-state index contributed by atoms with van der Waals surface area (Å²) in [5.41, 5.74) is 5.70. The summed E-state index contributed by atoms with van der Waals surface area (Å²) in [6.45, 7) is 3.58. The topological polar surface area (TPSA) is 46.1 Å². The predicted molar refractivity (Wildman–Crippen MR) is 97.7 cm³/mol. The van der Waals surface area contributed by atoms with Crippen molar-refractivity contribution < 1.29 is 4.79 Å². The van der Waals surface area contributed by atoms with E-state index in [4.69, 9.17) is 0 Å². The number of carbonyl (C=O) groups excluding carboxylic acids is 1. The largest absolute Gasteiger partial charge is 0.339 e. The lowest BCUT2D eigenvalue weighted by Gasteiger charge is -2.32. The van der Waals surface area contributed by atoms with Gasteiger partial charge in [-0.05, 0) is 68.7 Å². The van der Waals surface area contributed by atoms with E-state index in [-0.39, 0.29) is 5.91 Å². The molecule has 25 heavy (non-hydrogen) atoms. The fourth-order valence-electron chi connectivity index (χ4n) is 4.11. The van der Waals surface area contributed by atoms with Crippen LogP contribution in [-0.2, 0) is 12.8 Å². The second-order valence-corrected chi connectivity index (χ2v) is 7.34. The van der Waals surface area contributed by atoms with E-state index in [9.17, 15) is 4.79 Å². The Kier molecular flexibility index (Phi) is 4.51. The van der Waals surface area contributed by atoms with E-state index >= 15 is 0 Å². The summed E-state index contributed by atoms with van der Waals surface area (Å²) in [7, 11) is 0. The highest BCUT2D eigenvalue weighted by atomic mass is 16.2. The first-order valence-electron chi connectivity index (χ1n) is 9.40. The summed E-state index contributed by atoms with van der Waals surface area (Å²) in [6, 6.07) is 6.32. The van der Waals surface area contributed by atoms with Gasteiger partial charge >= 0.3 is 0 Å². The first kappa shape index (κ1) is 16.2. The molecule has 1 aliphatic carbocycles. The average Bonchev–Trinajstić information content (AvgIpc) is 2.67. The molecule has 1 saturated heterocycles. The standard InChI is InChI=1S/C21H25N3O/c1-15-13-22-14-20(23-15)17-8-10-24(11-9-17)21(25)19-7-6-16-4-2-3-5-18(16)12-19/h6-7,12-14,17H,2-5,8-11H2,1H3. The van der Waals surface area contributed by atoms with Crippen LogP contribution < -0.4 is 0 Å². The number of carbonyl (C=O) groups is 1. The van der Waals surface area contributed by atoms with Crippen molar-refractivity contribution in [3.8, 4) is 0 Å². The van der Waals surface area contributed by atoms with Gasteiger partial charge in [0.1, 0.15) is 0 Å². The van der Waals surface area contributed by atoms with Gasteiger partial charge in [0.15, 0.2) is 0 Å². The van der Waals surface area contributed by atoms with Crippen LogP contribution in [0, 0.1) is 6.92 Å². The van der Waals surface area contributed by atoms with E-state index < -0.39 is 0 Å². The van der Waals surface area contributed by atoms with Crippen LogP contribution >= 0.6 is 0 Å². The zero-order valence-electron chi connectivity index (χ0n) is 14.9. The van der Waals surface area contributed by atoms with Crippen LogP contribution in [0.25, 0.3) is 0 Å². The van der Waals surface area contributed by atoms with Crippen molar-refractivity contribution in [1.29, 1.82) is 0 Å². The monoisotopic (exact) mass is 335 g/mol. The molecule has 0 N–H and O–H groups in total. The predicted octanol–water partition coefficient (Wildman–Crippen LogP) is 3.68. The molecule has 4 rings (SSSR count). The Balaban J connectivity index is 1.43. The Morgan fingerprint density at radius 1 is 1.08 bits per heavy atom. The average molecular weight is 335 g/mol. The molecule has 1 aromatic heterocycles. The molecule has 1 fully saturated rings. The Morgan fingerprint density at radius 2 is 1.84 bits per heavy atom. The van der Waals surface area contributed by atoms with Crippen molar-refractivity contribution in [2.24, 2.45) is 0 Å². The molecule has 2 aromatic rings. The van der Waals surface area contributed by atoms with E-state index in [2.05, 4.69) is 22.1 Å². The quantitative estimate of drug-likeness (QED) is 0.841. The van der Waals surface area contributed by atoms with E-state index in [0.717, 1.165) is 55.7 Å². The molecule has 1 aromatic carbocycles. The maximum Gasteiger partial charge on any atom is 0.253 e. The number of hydrogen-bond donors (Lipinski definition) is 0. The van der Waals surface area contributed by atoms with Gasteiger partial charge in [-0.25, -0.2) is 0 Å². The van der Waals surface area contributed by atoms with Crippen molar-refractivity contribution in [2.45, 2.75) is 51.4 Å². The van der Waals surface area contributed by atoms with Crippen molar-refractivity contribution in [2.75, 3.05) is 13.1 Å². The number of nitrogens with zero attached hydrogens (tertiary/aromatic N) is 3. The van der Waals surface area contributed by atoms with Crippen LogP contribution in [0.5, 0.6) is 0 Å². The van der Waals surface area contributed by atoms with Crippen LogP contribution in [0.3, 0.4) is 0 Å². The Bertz CT molecular complexity index is 778. The van der Waals surface area contributed by atoms with E-state index in [1.54, 1.807) is 6.20 Å². The molecule has 4 nitrogen and oxygen atoms in total. The van der Waals surface area contributed by atoms with Gasteiger partial charge in [-0.3, -0.25) is 14.8 Å². The number of aromatic nitrogens is 2. The molecule has 0 saturated carbocycles. The zero-order valence-corrected chi connectivity index (χ0v) is 14.9. The number of piperidine rings is 1. The van der Waals surface area contributed by atoms with Crippen LogP contribution in [-0.4, -0.2) is 33.9 Å². The number of aryl methyl sites for hydroxylation is 3. The lowest BCUT2D eigenvalue weighted by molar-refractivity contribution is 0.0712. The highest BCUT2D eigenvalue weighted by molar-refractivity contribution is 5.94. The minimum Gasteiger partial charge on any atom is -0.339 e. The molecule has 2 heterocycles. The maximum atomic E-state index is 12.9. The lowest BCUT2D eigenvalue weighted by Crippen LogP contribution is -2.38. The summed E-state index contributed by atoms with van der Waals surface area (Å²) in [4.78, 5) is 23.8. The Morgan fingerprint density at radius 3 is 2.60 bits per heavy atom. The molecular weight excluding hydrogens is 310 g/mol. The molecule has 1 aliphatic heterocycles. The summed E-state index contributed by atoms with van der Waals surface area (Å²) < 4.78 is 0. The maximum absolute atomic E-state index is 12.9. The SMILES string of the molecule is Cc1cncc(C2CCN(C(=O)c3ccc4c(c3)CCCC4)CC2)n1. The minimum atomic E-state index is 0.183. The fourth-order valence-corrected chi connectivity index (χ4v) is 4.11. The third-order valence-corrected chi connectivity index (χ3v) is 5.57. The van der Waals surface area contributed by atoms with Crippen LogP contribution in [0.2, 0.25) is 0 Å². The second-order valence-electron chi connectivity index (χ2n) is 7.34. The van der Waals surface area contributed by atoms with Gasteiger partial charge in [-0.2, -0.15) is 0 Å². The zero-order chi connectivity index (χ0) is 17.2. The van der Waals surface area contributed by atoms with Gasteiger partial charge in [0.25, 0.3) is 5.91 Å². The molecule has 130 valence electrons. The van der Waals surface area contributed by atoms with Gasteiger partial charge in [0, 0.05) is 37.0 Å². The molecule has 0 bridgehead atoms. The number of fused-ring (bicyclic) bond motifs is 1. The number of rotatable bonds is 2. The number of likely N-dealkylation sites (tertiary alicyclic amines) is 1. The van der Waals surface area contributed by atoms with Crippen molar-refractivity contribution >= 4 is 5.91 Å². The third kappa shape index (κ3) is 3.44.